The summed E-state index contributed by atoms with van der Waals surface area (Å²) >= 11 is 1.81. The van der Waals surface area contributed by atoms with Gasteiger partial charge in [0.2, 0.25) is 0 Å². The van der Waals surface area contributed by atoms with Crippen molar-refractivity contribution in [3.8, 4) is 0 Å². The van der Waals surface area contributed by atoms with Crippen LogP contribution in [0.3, 0.4) is 0 Å². The predicted molar refractivity (Wildman–Crippen MR) is 78.7 cm³/mol. The van der Waals surface area contributed by atoms with Crippen LogP contribution in [0.4, 0.5) is 0 Å². The SMILES string of the molecule is C=C(C)C(=O)OCCSC1C2CC3CC4(C2)C(=O)OC1C34. The van der Waals surface area contributed by atoms with Gasteiger partial charge in [0.15, 0.2) is 0 Å². The second-order valence-corrected chi connectivity index (χ2v) is 8.25. The molecule has 21 heavy (non-hydrogen) atoms. The minimum Gasteiger partial charge on any atom is -0.461 e. The van der Waals surface area contributed by atoms with Gasteiger partial charge in [-0.1, -0.05) is 6.58 Å². The molecule has 0 radical (unpaired) electrons. The van der Waals surface area contributed by atoms with E-state index in [-0.39, 0.29) is 23.5 Å². The third-order valence-corrected chi connectivity index (χ3v) is 7.21. The molecule has 0 N–H and O–H groups in total. The van der Waals surface area contributed by atoms with Gasteiger partial charge in [0.1, 0.15) is 12.7 Å². The highest BCUT2D eigenvalue weighted by Crippen LogP contribution is 2.73. The molecule has 0 aromatic carbocycles. The van der Waals surface area contributed by atoms with E-state index in [9.17, 15) is 9.59 Å². The smallest absolute Gasteiger partial charge is 0.333 e. The molecule has 114 valence electrons. The first-order chi connectivity index (χ1) is 10.0. The van der Waals surface area contributed by atoms with E-state index in [0.717, 1.165) is 24.5 Å². The number of carbonyl (C=O) groups excluding carboxylic acids is 2. The van der Waals surface area contributed by atoms with Crippen LogP contribution >= 0.6 is 11.8 Å². The van der Waals surface area contributed by atoms with Gasteiger partial charge in [-0.15, -0.1) is 0 Å². The number of ether oxygens (including phenoxy) is 2. The summed E-state index contributed by atoms with van der Waals surface area (Å²) in [6.07, 6.45) is 3.46. The number of carbonyl (C=O) groups is 2. The molecule has 5 aliphatic carbocycles. The van der Waals surface area contributed by atoms with Crippen molar-refractivity contribution < 1.29 is 19.1 Å². The van der Waals surface area contributed by atoms with Gasteiger partial charge >= 0.3 is 11.9 Å². The fourth-order valence-corrected chi connectivity index (χ4v) is 6.42. The van der Waals surface area contributed by atoms with Crippen LogP contribution in [0, 0.1) is 23.2 Å². The Hall–Kier alpha value is -0.970. The number of rotatable bonds is 5. The lowest BCUT2D eigenvalue weighted by molar-refractivity contribution is -0.161. The third-order valence-electron chi connectivity index (χ3n) is 5.77. The van der Waals surface area contributed by atoms with E-state index in [1.807, 2.05) is 11.8 Å². The van der Waals surface area contributed by atoms with Crippen molar-refractivity contribution in [2.24, 2.45) is 23.2 Å². The van der Waals surface area contributed by atoms with Crippen molar-refractivity contribution in [2.75, 3.05) is 12.4 Å². The summed E-state index contributed by atoms with van der Waals surface area (Å²) in [6.45, 7) is 5.62. The molecular formula is C16H20O4S. The van der Waals surface area contributed by atoms with Gasteiger partial charge in [-0.25, -0.2) is 4.79 Å². The first-order valence-corrected chi connectivity index (χ1v) is 8.73. The summed E-state index contributed by atoms with van der Waals surface area (Å²) in [5, 5.41) is 0.398. The standard InChI is InChI=1S/C16H20O4S/c1-8(2)14(17)19-3-4-21-13-10-5-9-6-16(7-10)11(9)12(13)20-15(16)18/h9-13H,1,3-7H2,2H3. The second-order valence-electron chi connectivity index (χ2n) is 6.97. The normalized spacial score (nSPS) is 45.0. The largest absolute Gasteiger partial charge is 0.461 e. The van der Waals surface area contributed by atoms with Crippen molar-refractivity contribution in [3.05, 3.63) is 12.2 Å². The molecule has 1 aliphatic heterocycles. The maximum Gasteiger partial charge on any atom is 0.333 e. The number of hydrogen-bond donors (Lipinski definition) is 0. The molecule has 5 bridgehead atoms. The summed E-state index contributed by atoms with van der Waals surface area (Å²) in [4.78, 5) is 23.5. The topological polar surface area (TPSA) is 52.6 Å². The number of thioether (sulfide) groups is 1. The van der Waals surface area contributed by atoms with Crippen LogP contribution in [0.15, 0.2) is 12.2 Å². The Balaban J connectivity index is 1.35. The van der Waals surface area contributed by atoms with Crippen LogP contribution in [-0.4, -0.2) is 35.7 Å². The van der Waals surface area contributed by atoms with Gasteiger partial charge in [0.25, 0.3) is 0 Å². The van der Waals surface area contributed by atoms with Gasteiger partial charge in [-0.3, -0.25) is 4.79 Å². The molecular weight excluding hydrogens is 288 g/mol. The molecule has 6 fully saturated rings. The van der Waals surface area contributed by atoms with E-state index in [0.29, 0.717) is 29.3 Å². The summed E-state index contributed by atoms with van der Waals surface area (Å²) in [5.74, 6) is 2.30. The van der Waals surface area contributed by atoms with E-state index < -0.39 is 0 Å². The summed E-state index contributed by atoms with van der Waals surface area (Å²) in [7, 11) is 0. The van der Waals surface area contributed by atoms with Crippen molar-refractivity contribution >= 4 is 23.7 Å². The summed E-state index contributed by atoms with van der Waals surface area (Å²) in [6, 6.07) is 0. The van der Waals surface area contributed by atoms with Gasteiger partial charge in [-0.05, 0) is 38.0 Å². The fourth-order valence-electron chi connectivity index (χ4n) is 5.07. The molecule has 5 heteroatoms. The van der Waals surface area contributed by atoms with Crippen molar-refractivity contribution in [2.45, 2.75) is 37.5 Å². The Morgan fingerprint density at radius 3 is 3.00 bits per heavy atom. The lowest BCUT2D eigenvalue weighted by atomic mass is 9.40. The Kier molecular flexibility index (Phi) is 2.94. The molecule has 0 aromatic rings. The highest BCUT2D eigenvalue weighted by atomic mass is 32.2. The Bertz CT molecular complexity index is 530. The van der Waals surface area contributed by atoms with Crippen molar-refractivity contribution in [1.29, 1.82) is 0 Å². The maximum atomic E-state index is 12.1. The number of hydrogen-bond acceptors (Lipinski definition) is 5. The van der Waals surface area contributed by atoms with Crippen LogP contribution in [-0.2, 0) is 19.1 Å². The zero-order chi connectivity index (χ0) is 14.8. The lowest BCUT2D eigenvalue weighted by Gasteiger charge is -2.62. The molecule has 6 unspecified atom stereocenters. The lowest BCUT2D eigenvalue weighted by Crippen LogP contribution is -2.64. The summed E-state index contributed by atoms with van der Waals surface area (Å²) < 4.78 is 10.8. The molecule has 1 heterocycles. The van der Waals surface area contributed by atoms with Crippen LogP contribution in [0.2, 0.25) is 0 Å². The Labute approximate surface area is 128 Å². The van der Waals surface area contributed by atoms with Crippen LogP contribution < -0.4 is 0 Å². The molecule has 1 saturated heterocycles. The molecule has 0 aromatic heterocycles. The molecule has 0 amide bonds. The van der Waals surface area contributed by atoms with Gasteiger partial charge < -0.3 is 9.47 Å². The highest BCUT2D eigenvalue weighted by molar-refractivity contribution is 8.00. The molecule has 4 nitrogen and oxygen atoms in total. The fraction of sp³-hybridized carbons (Fsp3) is 0.750. The van der Waals surface area contributed by atoms with Crippen LogP contribution in [0.1, 0.15) is 26.2 Å². The second kappa shape index (κ2) is 4.51. The molecule has 5 saturated carbocycles. The van der Waals surface area contributed by atoms with E-state index >= 15 is 0 Å². The number of esters is 2. The monoisotopic (exact) mass is 308 g/mol. The van der Waals surface area contributed by atoms with Crippen molar-refractivity contribution in [3.63, 3.8) is 0 Å². The molecule has 6 aliphatic rings. The molecule has 6 rings (SSSR count). The molecule has 6 atom stereocenters. The Morgan fingerprint density at radius 1 is 1.48 bits per heavy atom. The highest BCUT2D eigenvalue weighted by Gasteiger charge is 2.76. The zero-order valence-corrected chi connectivity index (χ0v) is 13.0. The predicted octanol–water partition coefficient (Wildman–Crippen LogP) is 2.18. The molecule has 1 spiro atoms. The van der Waals surface area contributed by atoms with Gasteiger partial charge in [0, 0.05) is 22.5 Å². The first kappa shape index (κ1) is 13.7. The van der Waals surface area contributed by atoms with Crippen LogP contribution in [0.25, 0.3) is 0 Å². The average Bonchev–Trinajstić information content (AvgIpc) is 2.62. The maximum absolute atomic E-state index is 12.1. The van der Waals surface area contributed by atoms with Crippen LogP contribution in [0.5, 0.6) is 0 Å². The Morgan fingerprint density at radius 2 is 2.24 bits per heavy atom. The minimum atomic E-state index is -0.326. The van der Waals surface area contributed by atoms with E-state index in [2.05, 4.69) is 6.58 Å². The van der Waals surface area contributed by atoms with Crippen molar-refractivity contribution in [1.82, 2.24) is 0 Å². The van der Waals surface area contributed by atoms with E-state index in [1.165, 1.54) is 6.42 Å². The third kappa shape index (κ3) is 1.76. The van der Waals surface area contributed by atoms with E-state index in [4.69, 9.17) is 9.47 Å². The van der Waals surface area contributed by atoms with E-state index in [1.54, 1.807) is 6.92 Å². The first-order valence-electron chi connectivity index (χ1n) is 7.68. The average molecular weight is 308 g/mol. The van der Waals surface area contributed by atoms with Gasteiger partial charge in [-0.2, -0.15) is 11.8 Å². The summed E-state index contributed by atoms with van der Waals surface area (Å²) in [5.41, 5.74) is 0.338. The quantitative estimate of drug-likeness (QED) is 0.443. The minimum absolute atomic E-state index is 0.0651. The zero-order valence-electron chi connectivity index (χ0n) is 12.2. The van der Waals surface area contributed by atoms with Gasteiger partial charge in [0.05, 0.1) is 5.41 Å².